The predicted octanol–water partition coefficient (Wildman–Crippen LogP) is 23.9. The average molecular weight is 1940 g/mol. The molecule has 25 nitrogen and oxygen atoms in total. The van der Waals surface area contributed by atoms with Crippen LogP contribution in [0.1, 0.15) is 217 Å². The Morgan fingerprint density at radius 3 is 0.681 bits per heavy atom. The van der Waals surface area contributed by atoms with Gasteiger partial charge in [0.2, 0.25) is 0 Å². The highest BCUT2D eigenvalue weighted by Crippen LogP contribution is 2.33. The van der Waals surface area contributed by atoms with E-state index in [9.17, 15) is 74.3 Å². The van der Waals surface area contributed by atoms with Crippen molar-refractivity contribution in [1.29, 1.82) is 26.3 Å². The minimum atomic E-state index is -0.582. The highest BCUT2D eigenvalue weighted by Gasteiger charge is 2.27. The molecule has 0 N–H and O–H groups in total. The number of rotatable bonds is 33. The first kappa shape index (κ1) is 112. The van der Waals surface area contributed by atoms with Crippen molar-refractivity contribution >= 4 is 59.7 Å². The van der Waals surface area contributed by atoms with Gasteiger partial charge in [-0.3, -0.25) is 43.2 Å². The molecule has 25 heteroatoms. The standard InChI is InChI=1S/C26H23NO4.C25H29NO4.C24H19NO4.C23H25NO4.C21H21NO4/c1-2-25(28)30-24-14-10-21(11-15-24)22(18-27)16-20-8-12-23(13-9-20)31-26(29)17-19-6-4-3-5-7-19;1-24(2,3)22(27)29-20-11-7-17(8-12-20)15-19(16-26)18-9-13-21(14-10-18)30-23(28)25(4,5)6;1-17(26)28-22-13-9-19(10-14-22)21(16-25)15-18-7-11-23(12-8-18)29-24(27)20-5-3-2-4-6-20;1-15(2)22(25)27-20-9-5-17(6-10-20)13-19(14-24)18-7-11-21(12-8-18)28-23(26)16(3)4;1-3-20(23)25-18-9-5-15(6-10-18)13-17(14-22)16-7-11-19(12-8-16)26-21(24)4-2/h3-15,22H,2,16-17H2,1H3;7-14,19H,15H2,1-6H3;2-14,21H,15H2,1H3;5-12,15-16,19H,13H2,1-4H3;5-12,17H,3-4,13H2,1-2H3. The summed E-state index contributed by atoms with van der Waals surface area (Å²) >= 11 is 0. The molecule has 12 rings (SSSR count). The number of nitriles is 5. The molecule has 0 amide bonds. The third-order valence-electron chi connectivity index (χ3n) is 21.5. The number of nitrogens with zero attached hydrogens (tertiary/aromatic N) is 5. The van der Waals surface area contributed by atoms with Gasteiger partial charge in [0, 0.05) is 26.2 Å². The molecule has 144 heavy (non-hydrogen) atoms. The van der Waals surface area contributed by atoms with Gasteiger partial charge >= 0.3 is 59.7 Å². The van der Waals surface area contributed by atoms with Crippen LogP contribution in [0.25, 0.3) is 0 Å². The summed E-state index contributed by atoms with van der Waals surface area (Å²) < 4.78 is 52.5. The smallest absolute Gasteiger partial charge is 0.343 e. The Morgan fingerprint density at radius 2 is 0.458 bits per heavy atom. The first-order chi connectivity index (χ1) is 68.9. The van der Waals surface area contributed by atoms with Gasteiger partial charge in [-0.15, -0.1) is 0 Å². The molecule has 0 spiro atoms. The SMILES string of the molecule is CC(=O)Oc1ccc(C(C#N)Cc2ccc(OC(=O)c3ccccc3)cc2)cc1.CC(C)(C)C(=O)Oc1ccc(CC(C#N)c2ccc(OC(=O)C(C)(C)C)cc2)cc1.CC(C)C(=O)Oc1ccc(CC(C#N)c2ccc(OC(=O)C(C)C)cc2)cc1.CCC(=O)Oc1ccc(C(C#N)Cc2ccc(OC(=O)Cc3ccccc3)cc2)cc1.CCC(=O)Oc1ccc(CC(C#N)c2ccc(OC(=O)CC)cc2)cc1. The quantitative estimate of drug-likeness (QED) is 0.0272. The number of esters is 10. The normalized spacial score (nSPS) is 11.6. The van der Waals surface area contributed by atoms with Crippen molar-refractivity contribution in [1.82, 2.24) is 0 Å². The Balaban J connectivity index is 0.000000220. The van der Waals surface area contributed by atoms with Gasteiger partial charge in [0.1, 0.15) is 57.5 Å². The summed E-state index contributed by atoms with van der Waals surface area (Å²) in [4.78, 5) is 116. The minimum absolute atomic E-state index is 0.189. The lowest BCUT2D eigenvalue weighted by molar-refractivity contribution is -0.143. The van der Waals surface area contributed by atoms with Crippen LogP contribution in [0.4, 0.5) is 0 Å². The molecule has 0 radical (unpaired) electrons. The van der Waals surface area contributed by atoms with E-state index in [2.05, 4.69) is 30.3 Å². The van der Waals surface area contributed by atoms with Gasteiger partial charge in [0.25, 0.3) is 0 Å². The Kier molecular flexibility index (Phi) is 44.2. The number of ether oxygens (including phenoxy) is 10. The fraction of sp³-hybridized carbons (Fsp3) is 0.269. The van der Waals surface area contributed by atoms with Crippen LogP contribution in [0.15, 0.2) is 303 Å². The molecule has 0 bridgehead atoms. The maximum Gasteiger partial charge on any atom is 0.343 e. The number of carbonyl (C=O) groups excluding carboxylic acids is 10. The van der Waals surface area contributed by atoms with Gasteiger partial charge < -0.3 is 47.4 Å². The second-order valence-corrected chi connectivity index (χ2v) is 35.9. The van der Waals surface area contributed by atoms with Crippen molar-refractivity contribution in [3.05, 3.63) is 370 Å². The molecule has 12 aromatic rings. The average Bonchev–Trinajstić information content (AvgIpc) is 0.766. The Labute approximate surface area is 841 Å². The van der Waals surface area contributed by atoms with E-state index in [1.165, 1.54) is 6.92 Å². The van der Waals surface area contributed by atoms with E-state index in [-0.39, 0.29) is 102 Å². The van der Waals surface area contributed by atoms with E-state index in [0.29, 0.717) is 114 Å². The summed E-state index contributed by atoms with van der Waals surface area (Å²) in [5.41, 5.74) is 9.25. The third-order valence-corrected chi connectivity index (χ3v) is 21.5. The molecule has 5 unspecified atom stereocenters. The third kappa shape index (κ3) is 38.5. The van der Waals surface area contributed by atoms with Crippen molar-refractivity contribution < 1.29 is 95.3 Å². The molecule has 0 saturated heterocycles. The lowest BCUT2D eigenvalue weighted by atomic mass is 9.93. The van der Waals surface area contributed by atoms with Crippen LogP contribution in [-0.2, 0) is 81.7 Å². The first-order valence-corrected chi connectivity index (χ1v) is 47.0. The lowest BCUT2D eigenvalue weighted by Gasteiger charge is -2.17. The van der Waals surface area contributed by atoms with Crippen molar-refractivity contribution in [3.63, 3.8) is 0 Å². The number of hydrogen-bond donors (Lipinski definition) is 0. The summed E-state index contributed by atoms with van der Waals surface area (Å²) in [5.74, 6) is -0.545. The van der Waals surface area contributed by atoms with E-state index >= 15 is 0 Å². The topological polar surface area (TPSA) is 382 Å². The molecule has 12 aromatic carbocycles. The van der Waals surface area contributed by atoms with E-state index in [1.807, 2.05) is 97.1 Å². The van der Waals surface area contributed by atoms with Gasteiger partial charge in [-0.2, -0.15) is 26.3 Å². The fourth-order valence-electron chi connectivity index (χ4n) is 13.1. The Morgan fingerprint density at radius 1 is 0.250 bits per heavy atom. The zero-order valence-corrected chi connectivity index (χ0v) is 83.2. The zero-order chi connectivity index (χ0) is 105. The maximum absolute atomic E-state index is 12.1. The van der Waals surface area contributed by atoms with Crippen LogP contribution in [0.3, 0.4) is 0 Å². The summed E-state index contributed by atoms with van der Waals surface area (Å²) in [6.45, 7) is 24.5. The lowest BCUT2D eigenvalue weighted by Crippen LogP contribution is -2.25. The molecule has 0 saturated carbocycles. The van der Waals surface area contributed by atoms with Gasteiger partial charge in [-0.25, -0.2) is 4.79 Å². The molecular formula is C119H117N5O20. The van der Waals surface area contributed by atoms with Crippen LogP contribution >= 0.6 is 0 Å². The molecule has 0 aliphatic carbocycles. The molecule has 5 atom stereocenters. The second kappa shape index (κ2) is 56.7. The monoisotopic (exact) mass is 1940 g/mol. The van der Waals surface area contributed by atoms with Crippen molar-refractivity contribution in [2.75, 3.05) is 0 Å². The van der Waals surface area contributed by atoms with Crippen LogP contribution in [0.5, 0.6) is 57.5 Å². The van der Waals surface area contributed by atoms with Crippen LogP contribution in [0, 0.1) is 79.3 Å². The predicted molar refractivity (Wildman–Crippen MR) is 542 cm³/mol. The van der Waals surface area contributed by atoms with E-state index in [0.717, 1.165) is 61.2 Å². The Bertz CT molecular complexity index is 6470. The highest BCUT2D eigenvalue weighted by molar-refractivity contribution is 5.91. The van der Waals surface area contributed by atoms with Gasteiger partial charge in [0.15, 0.2) is 0 Å². The molecular weight excluding hydrogens is 1820 g/mol. The molecule has 0 aliphatic rings. The molecule has 0 aliphatic heterocycles. The van der Waals surface area contributed by atoms with Crippen molar-refractivity contribution in [2.24, 2.45) is 22.7 Å². The first-order valence-electron chi connectivity index (χ1n) is 47.0. The highest BCUT2D eigenvalue weighted by atomic mass is 16.6. The molecule has 738 valence electrons. The van der Waals surface area contributed by atoms with E-state index in [1.54, 1.807) is 296 Å². The summed E-state index contributed by atoms with van der Waals surface area (Å²) in [5, 5.41) is 47.8. The number of benzene rings is 12. The summed E-state index contributed by atoms with van der Waals surface area (Å²) in [7, 11) is 0. The molecule has 0 fully saturated rings. The number of carbonyl (C=O) groups is 10. The Hall–Kier alpha value is -17.2. The van der Waals surface area contributed by atoms with Crippen molar-refractivity contribution in [2.45, 2.75) is 184 Å². The van der Waals surface area contributed by atoms with Gasteiger partial charge in [-0.1, -0.05) is 218 Å². The van der Waals surface area contributed by atoms with Crippen LogP contribution < -0.4 is 47.4 Å². The summed E-state index contributed by atoms with van der Waals surface area (Å²) in [6, 6.07) is 100. The maximum atomic E-state index is 12.1. The second-order valence-electron chi connectivity index (χ2n) is 35.9. The molecule has 0 heterocycles. The molecule has 0 aromatic heterocycles. The largest absolute Gasteiger partial charge is 0.427 e. The van der Waals surface area contributed by atoms with Crippen molar-refractivity contribution in [3.8, 4) is 87.8 Å². The van der Waals surface area contributed by atoms with E-state index < -0.39 is 16.8 Å². The van der Waals surface area contributed by atoms with Gasteiger partial charge in [-0.05, 0) is 268 Å². The zero-order valence-electron chi connectivity index (χ0n) is 83.2. The fourth-order valence-corrected chi connectivity index (χ4v) is 13.1. The van der Waals surface area contributed by atoms with Crippen LogP contribution in [0.2, 0.25) is 0 Å². The van der Waals surface area contributed by atoms with Gasteiger partial charge in [0.05, 0.1) is 94.6 Å². The van der Waals surface area contributed by atoms with E-state index in [4.69, 9.17) is 47.4 Å². The van der Waals surface area contributed by atoms with Crippen LogP contribution in [-0.4, -0.2) is 59.7 Å². The number of hydrogen-bond acceptors (Lipinski definition) is 25. The minimum Gasteiger partial charge on any atom is -0.427 e. The summed E-state index contributed by atoms with van der Waals surface area (Å²) in [6.07, 6.45) is 3.76.